The van der Waals surface area contributed by atoms with Crippen LogP contribution in [0.25, 0.3) is 5.69 Å². The van der Waals surface area contributed by atoms with E-state index in [1.807, 2.05) is 35.6 Å². The van der Waals surface area contributed by atoms with Crippen molar-refractivity contribution in [2.45, 2.75) is 0 Å². The first kappa shape index (κ1) is 9.93. The van der Waals surface area contributed by atoms with E-state index in [4.69, 9.17) is 5.26 Å². The number of rotatable bonds is 2. The number of nitrogens with one attached hydrogen (secondary N) is 1. The molecule has 0 saturated carbocycles. The lowest BCUT2D eigenvalue weighted by Gasteiger charge is -1.99. The van der Waals surface area contributed by atoms with Crippen LogP contribution in [0, 0.1) is 11.5 Å². The molecular weight excluding hydrogens is 204 g/mol. The van der Waals surface area contributed by atoms with Gasteiger partial charge in [-0.05, 0) is 18.2 Å². The van der Waals surface area contributed by atoms with Crippen molar-refractivity contribution in [1.29, 1.82) is 5.26 Å². The van der Waals surface area contributed by atoms with Gasteiger partial charge in [0.1, 0.15) is 0 Å². The van der Waals surface area contributed by atoms with Crippen LogP contribution in [0.5, 0.6) is 0 Å². The fourth-order valence-corrected chi connectivity index (χ4v) is 1.28. The summed E-state index contributed by atoms with van der Waals surface area (Å²) in [5, 5.41) is 14.4. The van der Waals surface area contributed by atoms with Gasteiger partial charge in [0.2, 0.25) is 0 Å². The SMILES string of the molecule is N#CNC(=O)c1ccn(-c2ccccc2)n1. The van der Waals surface area contributed by atoms with Crippen LogP contribution >= 0.6 is 0 Å². The molecule has 16 heavy (non-hydrogen) atoms. The fourth-order valence-electron chi connectivity index (χ4n) is 1.28. The van der Waals surface area contributed by atoms with Crippen molar-refractivity contribution in [2.75, 3.05) is 0 Å². The first-order valence-corrected chi connectivity index (χ1v) is 4.62. The zero-order valence-electron chi connectivity index (χ0n) is 8.29. The molecule has 1 amide bonds. The molecule has 0 bridgehead atoms. The molecule has 1 aromatic heterocycles. The van der Waals surface area contributed by atoms with Crippen LogP contribution in [0.15, 0.2) is 42.6 Å². The van der Waals surface area contributed by atoms with E-state index in [2.05, 4.69) is 5.10 Å². The highest BCUT2D eigenvalue weighted by Crippen LogP contribution is 2.06. The molecule has 0 aliphatic heterocycles. The summed E-state index contributed by atoms with van der Waals surface area (Å²) in [4.78, 5) is 11.3. The van der Waals surface area contributed by atoms with Crippen LogP contribution < -0.4 is 5.32 Å². The van der Waals surface area contributed by atoms with Crippen molar-refractivity contribution in [1.82, 2.24) is 15.1 Å². The molecule has 0 atom stereocenters. The summed E-state index contributed by atoms with van der Waals surface area (Å²) in [6.45, 7) is 0. The van der Waals surface area contributed by atoms with Gasteiger partial charge in [0.05, 0.1) is 5.69 Å². The molecule has 0 radical (unpaired) electrons. The molecule has 1 aromatic carbocycles. The molecule has 0 spiro atoms. The van der Waals surface area contributed by atoms with Crippen LogP contribution in [0.1, 0.15) is 10.5 Å². The number of carbonyl (C=O) groups is 1. The molecule has 0 saturated heterocycles. The summed E-state index contributed by atoms with van der Waals surface area (Å²) in [5.41, 5.74) is 1.07. The second-order valence-electron chi connectivity index (χ2n) is 3.05. The Bertz CT molecular complexity index is 539. The minimum Gasteiger partial charge on any atom is -0.266 e. The van der Waals surface area contributed by atoms with Gasteiger partial charge in [0, 0.05) is 6.20 Å². The summed E-state index contributed by atoms with van der Waals surface area (Å²) >= 11 is 0. The first-order chi connectivity index (χ1) is 7.81. The molecule has 1 heterocycles. The summed E-state index contributed by atoms with van der Waals surface area (Å²) in [7, 11) is 0. The second-order valence-corrected chi connectivity index (χ2v) is 3.05. The summed E-state index contributed by atoms with van der Waals surface area (Å²) in [5.74, 6) is -0.503. The maximum absolute atomic E-state index is 11.3. The first-order valence-electron chi connectivity index (χ1n) is 4.62. The van der Waals surface area contributed by atoms with Crippen molar-refractivity contribution < 1.29 is 4.79 Å². The van der Waals surface area contributed by atoms with E-state index in [1.54, 1.807) is 23.1 Å². The highest BCUT2D eigenvalue weighted by molar-refractivity contribution is 5.93. The fraction of sp³-hybridized carbons (Fsp3) is 0. The van der Waals surface area contributed by atoms with Gasteiger partial charge in [0.25, 0.3) is 5.91 Å². The minimum atomic E-state index is -0.503. The average Bonchev–Trinajstić information content (AvgIpc) is 2.80. The lowest BCUT2D eigenvalue weighted by molar-refractivity contribution is 0.0967. The molecule has 0 fully saturated rings. The smallest absolute Gasteiger partial charge is 0.266 e. The van der Waals surface area contributed by atoms with Crippen LogP contribution in [0.2, 0.25) is 0 Å². The second kappa shape index (κ2) is 4.28. The van der Waals surface area contributed by atoms with Gasteiger partial charge in [-0.3, -0.25) is 10.1 Å². The number of para-hydroxylation sites is 1. The van der Waals surface area contributed by atoms with Crippen molar-refractivity contribution in [3.63, 3.8) is 0 Å². The number of nitriles is 1. The monoisotopic (exact) mass is 212 g/mol. The molecule has 0 unspecified atom stereocenters. The minimum absolute atomic E-state index is 0.213. The van der Waals surface area contributed by atoms with Crippen LogP contribution in [-0.2, 0) is 0 Å². The maximum atomic E-state index is 11.3. The number of aromatic nitrogens is 2. The van der Waals surface area contributed by atoms with Crippen LogP contribution in [-0.4, -0.2) is 15.7 Å². The molecule has 1 N–H and O–H groups in total. The largest absolute Gasteiger partial charge is 0.284 e. The highest BCUT2D eigenvalue weighted by atomic mass is 16.1. The van der Waals surface area contributed by atoms with Crippen molar-refractivity contribution in [3.8, 4) is 11.9 Å². The predicted molar refractivity (Wildman–Crippen MR) is 56.6 cm³/mol. The molecule has 2 rings (SSSR count). The van der Waals surface area contributed by atoms with E-state index < -0.39 is 5.91 Å². The van der Waals surface area contributed by atoms with Gasteiger partial charge in [-0.25, -0.2) is 4.68 Å². The third-order valence-electron chi connectivity index (χ3n) is 2.01. The van der Waals surface area contributed by atoms with E-state index >= 15 is 0 Å². The van der Waals surface area contributed by atoms with Crippen molar-refractivity contribution in [3.05, 3.63) is 48.3 Å². The van der Waals surface area contributed by atoms with Crippen molar-refractivity contribution in [2.24, 2.45) is 0 Å². The van der Waals surface area contributed by atoms with Gasteiger partial charge < -0.3 is 0 Å². The topological polar surface area (TPSA) is 70.7 Å². The molecule has 0 aliphatic rings. The average molecular weight is 212 g/mol. The molecule has 0 aliphatic carbocycles. The van der Waals surface area contributed by atoms with E-state index in [0.29, 0.717) is 0 Å². The standard InChI is InChI=1S/C11H8N4O/c12-8-13-11(16)10-6-7-15(14-10)9-4-2-1-3-5-9/h1-7H,(H,13,16). The molecule has 78 valence electrons. The quantitative estimate of drug-likeness (QED) is 0.598. The number of nitrogens with zero attached hydrogens (tertiary/aromatic N) is 3. The number of carbonyl (C=O) groups excluding carboxylic acids is 1. The van der Waals surface area contributed by atoms with Crippen molar-refractivity contribution >= 4 is 5.91 Å². The summed E-state index contributed by atoms with van der Waals surface area (Å²) < 4.78 is 1.58. The van der Waals surface area contributed by atoms with E-state index in [0.717, 1.165) is 5.69 Å². The lowest BCUT2D eigenvalue weighted by atomic mass is 10.3. The Labute approximate surface area is 91.9 Å². The van der Waals surface area contributed by atoms with Gasteiger partial charge >= 0.3 is 0 Å². The van der Waals surface area contributed by atoms with E-state index in [-0.39, 0.29) is 5.69 Å². The third kappa shape index (κ3) is 1.91. The van der Waals surface area contributed by atoms with E-state index in [9.17, 15) is 4.79 Å². The maximum Gasteiger partial charge on any atom is 0.284 e. The zero-order valence-corrected chi connectivity index (χ0v) is 8.29. The zero-order chi connectivity index (χ0) is 11.4. The summed E-state index contributed by atoms with van der Waals surface area (Å²) in [6, 6.07) is 11.0. The Morgan fingerprint density at radius 1 is 1.31 bits per heavy atom. The number of benzene rings is 1. The number of hydrogen-bond acceptors (Lipinski definition) is 3. The highest BCUT2D eigenvalue weighted by Gasteiger charge is 2.08. The Kier molecular flexibility index (Phi) is 2.65. The van der Waals surface area contributed by atoms with Gasteiger partial charge in [-0.1, -0.05) is 18.2 Å². The Morgan fingerprint density at radius 2 is 2.06 bits per heavy atom. The third-order valence-corrected chi connectivity index (χ3v) is 2.01. The number of hydrogen-bond donors (Lipinski definition) is 1. The van der Waals surface area contributed by atoms with E-state index in [1.165, 1.54) is 0 Å². The lowest BCUT2D eigenvalue weighted by Crippen LogP contribution is -2.18. The number of amides is 1. The molecule has 5 heteroatoms. The van der Waals surface area contributed by atoms with Crippen LogP contribution in [0.4, 0.5) is 0 Å². The van der Waals surface area contributed by atoms with Gasteiger partial charge in [0.15, 0.2) is 11.9 Å². The summed E-state index contributed by atoms with van der Waals surface area (Å²) in [6.07, 6.45) is 3.23. The molecule has 2 aromatic rings. The Balaban J connectivity index is 2.27. The van der Waals surface area contributed by atoms with Gasteiger partial charge in [-0.15, -0.1) is 0 Å². The normalized spacial score (nSPS) is 9.44. The van der Waals surface area contributed by atoms with Gasteiger partial charge in [-0.2, -0.15) is 10.4 Å². The van der Waals surface area contributed by atoms with Crippen LogP contribution in [0.3, 0.4) is 0 Å². The molecular formula is C11H8N4O. The Hall–Kier alpha value is -2.61. The molecule has 5 nitrogen and oxygen atoms in total. The Morgan fingerprint density at radius 3 is 2.75 bits per heavy atom. The predicted octanol–water partition coefficient (Wildman–Crippen LogP) is 1.08.